The molecule has 2 aromatic heterocycles. The van der Waals surface area contributed by atoms with Crippen LogP contribution in [0.1, 0.15) is 22.8 Å². The van der Waals surface area contributed by atoms with Crippen LogP contribution in [0.4, 0.5) is 0 Å². The van der Waals surface area contributed by atoms with E-state index in [0.29, 0.717) is 28.8 Å². The molecule has 4 rings (SSSR count). The molecule has 0 spiro atoms. The summed E-state index contributed by atoms with van der Waals surface area (Å²) in [5, 5.41) is 5.03. The molecule has 0 aliphatic carbocycles. The lowest BCUT2D eigenvalue weighted by Crippen LogP contribution is -2.12. The molecule has 0 fully saturated rings. The number of esters is 1. The third-order valence-electron chi connectivity index (χ3n) is 4.48. The van der Waals surface area contributed by atoms with E-state index in [9.17, 15) is 9.59 Å². The Bertz CT molecular complexity index is 1170. The summed E-state index contributed by atoms with van der Waals surface area (Å²) in [6.45, 7) is 1.64. The minimum atomic E-state index is -0.566. The SMILES string of the molecule is CC(=O)COC(=O)c1cc(-c2ccccc2)nc2c1cnn2Cc1ccccc1. The number of ether oxygens (including phenoxy) is 1. The van der Waals surface area contributed by atoms with Gasteiger partial charge < -0.3 is 4.74 Å². The van der Waals surface area contributed by atoms with Gasteiger partial charge in [0.05, 0.1) is 29.4 Å². The highest BCUT2D eigenvalue weighted by Crippen LogP contribution is 2.26. The van der Waals surface area contributed by atoms with Crippen molar-refractivity contribution in [1.82, 2.24) is 14.8 Å². The monoisotopic (exact) mass is 385 g/mol. The first-order chi connectivity index (χ1) is 14.1. The summed E-state index contributed by atoms with van der Waals surface area (Å²) < 4.78 is 6.93. The number of pyridine rings is 1. The predicted octanol–water partition coefficient (Wildman–Crippen LogP) is 3.89. The van der Waals surface area contributed by atoms with Crippen molar-refractivity contribution in [2.45, 2.75) is 13.5 Å². The van der Waals surface area contributed by atoms with Crippen molar-refractivity contribution in [1.29, 1.82) is 0 Å². The first-order valence-electron chi connectivity index (χ1n) is 9.24. The van der Waals surface area contributed by atoms with Gasteiger partial charge in [-0.2, -0.15) is 5.10 Å². The van der Waals surface area contributed by atoms with Crippen LogP contribution in [-0.4, -0.2) is 33.1 Å². The molecule has 0 saturated carbocycles. The quantitative estimate of drug-likeness (QED) is 0.471. The van der Waals surface area contributed by atoms with Gasteiger partial charge in [0.1, 0.15) is 6.61 Å². The molecule has 0 atom stereocenters. The molecule has 2 aromatic carbocycles. The second kappa shape index (κ2) is 8.06. The molecular weight excluding hydrogens is 366 g/mol. The summed E-state index contributed by atoms with van der Waals surface area (Å²) in [5.74, 6) is -0.782. The number of hydrogen-bond donors (Lipinski definition) is 0. The first-order valence-corrected chi connectivity index (χ1v) is 9.24. The van der Waals surface area contributed by atoms with E-state index in [4.69, 9.17) is 9.72 Å². The number of aromatic nitrogens is 3. The normalized spacial score (nSPS) is 10.8. The summed E-state index contributed by atoms with van der Waals surface area (Å²) >= 11 is 0. The van der Waals surface area contributed by atoms with E-state index in [1.54, 1.807) is 16.9 Å². The number of nitrogens with zero attached hydrogens (tertiary/aromatic N) is 3. The van der Waals surface area contributed by atoms with Gasteiger partial charge in [0.15, 0.2) is 11.4 Å². The number of fused-ring (bicyclic) bond motifs is 1. The van der Waals surface area contributed by atoms with Crippen molar-refractivity contribution in [3.8, 4) is 11.3 Å². The molecule has 6 heteroatoms. The molecule has 29 heavy (non-hydrogen) atoms. The van der Waals surface area contributed by atoms with E-state index in [0.717, 1.165) is 11.1 Å². The third-order valence-corrected chi connectivity index (χ3v) is 4.48. The molecule has 0 saturated heterocycles. The number of rotatable bonds is 6. The van der Waals surface area contributed by atoms with E-state index in [-0.39, 0.29) is 12.4 Å². The summed E-state index contributed by atoms with van der Waals surface area (Å²) in [7, 11) is 0. The average Bonchev–Trinajstić information content (AvgIpc) is 3.15. The molecule has 6 nitrogen and oxygen atoms in total. The highest BCUT2D eigenvalue weighted by Gasteiger charge is 2.19. The largest absolute Gasteiger partial charge is 0.454 e. The molecule has 0 aliphatic heterocycles. The number of carbonyl (C=O) groups excluding carboxylic acids is 2. The second-order valence-corrected chi connectivity index (χ2v) is 6.72. The topological polar surface area (TPSA) is 74.1 Å². The Morgan fingerprint density at radius 1 is 1.00 bits per heavy atom. The minimum absolute atomic E-state index is 0.216. The summed E-state index contributed by atoms with van der Waals surface area (Å²) in [4.78, 5) is 28.7. The van der Waals surface area contributed by atoms with Crippen LogP contribution in [0.15, 0.2) is 72.9 Å². The van der Waals surface area contributed by atoms with Crippen LogP contribution in [0.5, 0.6) is 0 Å². The minimum Gasteiger partial charge on any atom is -0.454 e. The zero-order valence-electron chi connectivity index (χ0n) is 15.9. The fraction of sp³-hybridized carbons (Fsp3) is 0.130. The molecule has 0 aliphatic rings. The fourth-order valence-electron chi connectivity index (χ4n) is 3.09. The Morgan fingerprint density at radius 2 is 1.69 bits per heavy atom. The molecule has 0 unspecified atom stereocenters. The average molecular weight is 385 g/mol. The lowest BCUT2D eigenvalue weighted by Gasteiger charge is -2.09. The highest BCUT2D eigenvalue weighted by molar-refractivity contribution is 6.04. The van der Waals surface area contributed by atoms with Crippen LogP contribution in [-0.2, 0) is 16.1 Å². The van der Waals surface area contributed by atoms with Crippen molar-refractivity contribution >= 4 is 22.8 Å². The zero-order valence-corrected chi connectivity index (χ0v) is 15.9. The van der Waals surface area contributed by atoms with Gasteiger partial charge in [-0.25, -0.2) is 14.5 Å². The van der Waals surface area contributed by atoms with Gasteiger partial charge in [-0.3, -0.25) is 4.79 Å². The van der Waals surface area contributed by atoms with E-state index in [1.165, 1.54) is 6.92 Å². The molecule has 144 valence electrons. The first kappa shape index (κ1) is 18.6. The van der Waals surface area contributed by atoms with Gasteiger partial charge in [-0.15, -0.1) is 0 Å². The standard InChI is InChI=1S/C23H19N3O3/c1-16(27)15-29-23(28)19-12-21(18-10-6-3-7-11-18)25-22-20(19)13-24-26(22)14-17-8-4-2-5-9-17/h2-13H,14-15H2,1H3. The Labute approximate surface area is 167 Å². The van der Waals surface area contributed by atoms with Gasteiger partial charge in [-0.05, 0) is 18.6 Å². The lowest BCUT2D eigenvalue weighted by molar-refractivity contribution is -0.120. The molecule has 4 aromatic rings. The summed E-state index contributed by atoms with van der Waals surface area (Å²) in [6, 6.07) is 21.2. The van der Waals surface area contributed by atoms with Gasteiger partial charge in [-0.1, -0.05) is 60.7 Å². The van der Waals surface area contributed by atoms with Crippen LogP contribution in [0.2, 0.25) is 0 Å². The Kier molecular flexibility index (Phi) is 5.16. The smallest absolute Gasteiger partial charge is 0.339 e. The zero-order chi connectivity index (χ0) is 20.2. The van der Waals surface area contributed by atoms with Crippen molar-refractivity contribution in [3.05, 3.63) is 84.1 Å². The number of ketones is 1. The van der Waals surface area contributed by atoms with Crippen LogP contribution in [0, 0.1) is 0 Å². The van der Waals surface area contributed by atoms with Crippen molar-refractivity contribution in [2.24, 2.45) is 0 Å². The highest BCUT2D eigenvalue weighted by atomic mass is 16.5. The van der Waals surface area contributed by atoms with Gasteiger partial charge >= 0.3 is 5.97 Å². The van der Waals surface area contributed by atoms with Gasteiger partial charge in [0.25, 0.3) is 0 Å². The van der Waals surface area contributed by atoms with Crippen molar-refractivity contribution in [2.75, 3.05) is 6.61 Å². The fourth-order valence-corrected chi connectivity index (χ4v) is 3.09. The van der Waals surface area contributed by atoms with Crippen LogP contribution >= 0.6 is 0 Å². The van der Waals surface area contributed by atoms with Crippen molar-refractivity contribution < 1.29 is 14.3 Å². The molecule has 0 amide bonds. The number of benzene rings is 2. The van der Waals surface area contributed by atoms with Crippen LogP contribution in [0.25, 0.3) is 22.3 Å². The van der Waals surface area contributed by atoms with Gasteiger partial charge in [0, 0.05) is 5.56 Å². The number of Topliss-reactive ketones (excluding diaryl/α,β-unsaturated/α-hetero) is 1. The molecule has 0 radical (unpaired) electrons. The third kappa shape index (κ3) is 4.06. The van der Waals surface area contributed by atoms with E-state index in [1.807, 2.05) is 60.7 Å². The van der Waals surface area contributed by atoms with Crippen LogP contribution < -0.4 is 0 Å². The maximum atomic E-state index is 12.7. The predicted molar refractivity (Wildman–Crippen MR) is 109 cm³/mol. The second-order valence-electron chi connectivity index (χ2n) is 6.72. The molecule has 0 bridgehead atoms. The number of carbonyl (C=O) groups is 2. The van der Waals surface area contributed by atoms with Crippen LogP contribution in [0.3, 0.4) is 0 Å². The molecular formula is C23H19N3O3. The number of hydrogen-bond acceptors (Lipinski definition) is 5. The van der Waals surface area contributed by atoms with Crippen molar-refractivity contribution in [3.63, 3.8) is 0 Å². The van der Waals surface area contributed by atoms with Gasteiger partial charge in [0.2, 0.25) is 0 Å². The lowest BCUT2D eigenvalue weighted by atomic mass is 10.1. The van der Waals surface area contributed by atoms with E-state index >= 15 is 0 Å². The Morgan fingerprint density at radius 3 is 2.38 bits per heavy atom. The maximum absolute atomic E-state index is 12.7. The summed E-state index contributed by atoms with van der Waals surface area (Å²) in [6.07, 6.45) is 1.62. The Balaban J connectivity index is 1.82. The summed E-state index contributed by atoms with van der Waals surface area (Å²) in [5.41, 5.74) is 3.52. The molecule has 2 heterocycles. The van der Waals surface area contributed by atoms with E-state index in [2.05, 4.69) is 5.10 Å². The Hall–Kier alpha value is -3.80. The molecule has 0 N–H and O–H groups in total. The maximum Gasteiger partial charge on any atom is 0.339 e. The van der Waals surface area contributed by atoms with E-state index < -0.39 is 5.97 Å².